The van der Waals surface area contributed by atoms with Gasteiger partial charge in [0, 0.05) is 19.4 Å². The molecule has 10 heteroatoms. The molecule has 0 saturated carbocycles. The molecule has 0 aliphatic rings. The molecule has 6 rings (SSSR count). The Morgan fingerprint density at radius 3 is 2.56 bits per heavy atom. The third kappa shape index (κ3) is 4.59. The molecular weight excluding hydrogens is 516 g/mol. The first-order valence-corrected chi connectivity index (χ1v) is 13.2. The van der Waals surface area contributed by atoms with Gasteiger partial charge in [0.2, 0.25) is 0 Å². The highest BCUT2D eigenvalue weighted by Crippen LogP contribution is 2.23. The molecule has 1 atom stereocenters. The summed E-state index contributed by atoms with van der Waals surface area (Å²) < 4.78 is 5.12. The molecule has 0 fully saturated rings. The Hall–Kier alpha value is -5.38. The Kier molecular flexibility index (Phi) is 6.50. The summed E-state index contributed by atoms with van der Waals surface area (Å²) in [6.45, 7) is 5.52. The number of rotatable bonds is 6. The van der Waals surface area contributed by atoms with Crippen molar-refractivity contribution in [1.82, 2.24) is 39.0 Å². The number of benzene rings is 2. The van der Waals surface area contributed by atoms with Crippen molar-refractivity contribution in [3.8, 4) is 5.69 Å². The Morgan fingerprint density at radius 2 is 1.80 bits per heavy atom. The summed E-state index contributed by atoms with van der Waals surface area (Å²) in [7, 11) is 1.95. The maximum atomic E-state index is 14.2. The minimum atomic E-state index is -0.616. The zero-order valence-electron chi connectivity index (χ0n) is 23.1. The van der Waals surface area contributed by atoms with Crippen LogP contribution in [0.3, 0.4) is 0 Å². The number of aryl methyl sites for hydroxylation is 2. The Bertz CT molecular complexity index is 2020. The van der Waals surface area contributed by atoms with Crippen molar-refractivity contribution in [2.45, 2.75) is 26.8 Å². The van der Waals surface area contributed by atoms with E-state index in [-0.39, 0.29) is 11.5 Å². The van der Waals surface area contributed by atoms with Gasteiger partial charge < -0.3 is 9.88 Å². The molecule has 0 aliphatic carbocycles. The van der Waals surface area contributed by atoms with Crippen molar-refractivity contribution >= 4 is 34.6 Å². The number of imidazole rings is 1. The second-order valence-corrected chi connectivity index (χ2v) is 9.85. The van der Waals surface area contributed by atoms with E-state index in [0.29, 0.717) is 39.3 Å². The molecule has 4 aromatic heterocycles. The van der Waals surface area contributed by atoms with Crippen LogP contribution < -0.4 is 10.9 Å². The van der Waals surface area contributed by atoms with E-state index >= 15 is 0 Å². The van der Waals surface area contributed by atoms with E-state index in [2.05, 4.69) is 20.4 Å². The van der Waals surface area contributed by atoms with Crippen LogP contribution in [0.4, 0.5) is 0 Å². The molecule has 204 valence electrons. The molecule has 0 radical (unpaired) electrons. The summed E-state index contributed by atoms with van der Waals surface area (Å²) in [6.07, 6.45) is 9.00. The van der Waals surface area contributed by atoms with Gasteiger partial charge in [-0.3, -0.25) is 14.2 Å². The highest BCUT2D eigenvalue weighted by Gasteiger charge is 2.24. The van der Waals surface area contributed by atoms with Crippen LogP contribution in [-0.4, -0.2) is 39.6 Å². The van der Waals surface area contributed by atoms with E-state index < -0.39 is 6.04 Å². The van der Waals surface area contributed by atoms with Crippen molar-refractivity contribution in [1.29, 1.82) is 0 Å². The van der Waals surface area contributed by atoms with Crippen molar-refractivity contribution in [2.24, 2.45) is 7.05 Å². The molecule has 0 aliphatic heterocycles. The van der Waals surface area contributed by atoms with Gasteiger partial charge in [0.15, 0.2) is 5.65 Å². The maximum Gasteiger partial charge on any atom is 0.266 e. The number of hydrogen-bond donors (Lipinski definition) is 1. The summed E-state index contributed by atoms with van der Waals surface area (Å²) in [6, 6.07) is 16.0. The number of aromatic nitrogens is 7. The standard InChI is InChI=1S/C31H28N8O2/c1-19-26(29-32-16-9-17-38(29)36-19)30(40)34-20(2)28-35-25-13-8-10-22(14-15-24-18-33-21(3)37(24)4)27(25)31(41)39(28)23-11-6-5-7-12-23/h5-18,20H,1-4H3,(H,34,40)/b15-14+. The Labute approximate surface area is 235 Å². The van der Waals surface area contributed by atoms with E-state index in [1.807, 2.05) is 86.1 Å². The monoisotopic (exact) mass is 544 g/mol. The quantitative estimate of drug-likeness (QED) is 0.332. The van der Waals surface area contributed by atoms with Gasteiger partial charge in [-0.05, 0) is 56.7 Å². The lowest BCUT2D eigenvalue weighted by molar-refractivity contribution is 0.0938. The lowest BCUT2D eigenvalue weighted by atomic mass is 10.1. The SMILES string of the molecule is Cc1nn2cccnc2c1C(=O)NC(C)c1nc2cccc(/C=C/c3cnc(C)n3C)c2c(=O)n1-c1ccccc1. The number of amides is 1. The summed E-state index contributed by atoms with van der Waals surface area (Å²) >= 11 is 0. The number of para-hydroxylation sites is 1. The molecule has 10 nitrogen and oxygen atoms in total. The van der Waals surface area contributed by atoms with Crippen molar-refractivity contribution < 1.29 is 4.79 Å². The van der Waals surface area contributed by atoms with Crippen LogP contribution in [0.2, 0.25) is 0 Å². The maximum absolute atomic E-state index is 14.2. The predicted molar refractivity (Wildman–Crippen MR) is 158 cm³/mol. The minimum Gasteiger partial charge on any atom is -0.342 e. The van der Waals surface area contributed by atoms with Crippen molar-refractivity contribution in [3.63, 3.8) is 0 Å². The van der Waals surface area contributed by atoms with Crippen molar-refractivity contribution in [2.75, 3.05) is 0 Å². The average molecular weight is 545 g/mol. The molecule has 0 spiro atoms. The summed E-state index contributed by atoms with van der Waals surface area (Å²) in [5.41, 5.74) is 4.01. The van der Waals surface area contributed by atoms with E-state index in [9.17, 15) is 9.59 Å². The number of hydrogen-bond acceptors (Lipinski definition) is 6. The zero-order valence-corrected chi connectivity index (χ0v) is 23.1. The van der Waals surface area contributed by atoms with Gasteiger partial charge in [-0.1, -0.05) is 36.4 Å². The second kappa shape index (κ2) is 10.3. The van der Waals surface area contributed by atoms with E-state index in [1.54, 1.807) is 40.7 Å². The second-order valence-electron chi connectivity index (χ2n) is 9.85. The zero-order chi connectivity index (χ0) is 28.7. The van der Waals surface area contributed by atoms with Gasteiger partial charge in [-0.25, -0.2) is 19.5 Å². The third-order valence-corrected chi connectivity index (χ3v) is 7.19. The number of nitrogens with one attached hydrogen (secondary N) is 1. The van der Waals surface area contributed by atoms with Gasteiger partial charge in [0.05, 0.1) is 40.2 Å². The fraction of sp³-hybridized carbons (Fsp3) is 0.161. The summed E-state index contributed by atoms with van der Waals surface area (Å²) in [5, 5.41) is 7.91. The number of carbonyl (C=O) groups is 1. The summed E-state index contributed by atoms with van der Waals surface area (Å²) in [4.78, 5) is 41.3. The highest BCUT2D eigenvalue weighted by atomic mass is 16.2. The molecule has 41 heavy (non-hydrogen) atoms. The van der Waals surface area contributed by atoms with E-state index in [0.717, 1.165) is 17.1 Å². The highest BCUT2D eigenvalue weighted by molar-refractivity contribution is 6.01. The molecule has 1 unspecified atom stereocenters. The van der Waals surface area contributed by atoms with E-state index in [1.165, 1.54) is 0 Å². The molecule has 4 heterocycles. The number of carbonyl (C=O) groups excluding carboxylic acids is 1. The van der Waals surface area contributed by atoms with Gasteiger partial charge in [-0.15, -0.1) is 0 Å². The fourth-order valence-electron chi connectivity index (χ4n) is 4.97. The average Bonchev–Trinajstić information content (AvgIpc) is 3.49. The largest absolute Gasteiger partial charge is 0.342 e. The molecule has 0 saturated heterocycles. The first-order chi connectivity index (χ1) is 19.8. The van der Waals surface area contributed by atoms with Crippen LogP contribution in [0.5, 0.6) is 0 Å². The van der Waals surface area contributed by atoms with Crippen LogP contribution in [0.25, 0.3) is 34.4 Å². The first kappa shape index (κ1) is 25.9. The Balaban J connectivity index is 1.47. The van der Waals surface area contributed by atoms with Crippen LogP contribution in [0.1, 0.15) is 51.9 Å². The lowest BCUT2D eigenvalue weighted by Gasteiger charge is -2.20. The van der Waals surface area contributed by atoms with Crippen LogP contribution in [0, 0.1) is 13.8 Å². The molecule has 2 aromatic carbocycles. The lowest BCUT2D eigenvalue weighted by Crippen LogP contribution is -2.33. The predicted octanol–water partition coefficient (Wildman–Crippen LogP) is 4.44. The molecule has 6 aromatic rings. The number of fused-ring (bicyclic) bond motifs is 2. The molecule has 0 bridgehead atoms. The van der Waals surface area contributed by atoms with Gasteiger partial charge in [-0.2, -0.15) is 5.10 Å². The van der Waals surface area contributed by atoms with Crippen LogP contribution in [-0.2, 0) is 7.05 Å². The number of nitrogens with zero attached hydrogens (tertiary/aromatic N) is 7. The fourth-order valence-corrected chi connectivity index (χ4v) is 4.97. The van der Waals surface area contributed by atoms with Crippen LogP contribution in [0.15, 0.2) is 78.0 Å². The molecule has 1 amide bonds. The third-order valence-electron chi connectivity index (χ3n) is 7.19. The van der Waals surface area contributed by atoms with Crippen LogP contribution >= 0.6 is 0 Å². The van der Waals surface area contributed by atoms with E-state index in [4.69, 9.17) is 4.98 Å². The normalized spacial score (nSPS) is 12.4. The first-order valence-electron chi connectivity index (χ1n) is 13.2. The topological polar surface area (TPSA) is 112 Å². The Morgan fingerprint density at radius 1 is 1.00 bits per heavy atom. The van der Waals surface area contributed by atoms with Gasteiger partial charge in [0.25, 0.3) is 11.5 Å². The summed E-state index contributed by atoms with van der Waals surface area (Å²) in [5.74, 6) is 0.958. The van der Waals surface area contributed by atoms with Gasteiger partial charge in [0.1, 0.15) is 17.2 Å². The van der Waals surface area contributed by atoms with Crippen molar-refractivity contribution in [3.05, 3.63) is 118 Å². The molecular formula is C31H28N8O2. The van der Waals surface area contributed by atoms with Gasteiger partial charge >= 0.3 is 0 Å². The minimum absolute atomic E-state index is 0.229. The molecule has 1 N–H and O–H groups in total. The smallest absolute Gasteiger partial charge is 0.266 e.